The number of benzene rings is 3. The molecular formula is C28H23N3O3S. The molecule has 0 radical (unpaired) electrons. The highest BCUT2D eigenvalue weighted by Gasteiger charge is 2.29. The molecule has 35 heavy (non-hydrogen) atoms. The number of para-hydroxylation sites is 2. The molecule has 0 aliphatic rings. The lowest BCUT2D eigenvalue weighted by Crippen LogP contribution is -2.31. The molecule has 2 heterocycles. The van der Waals surface area contributed by atoms with E-state index in [0.29, 0.717) is 22.2 Å². The topological polar surface area (TPSA) is 72.3 Å². The molecule has 0 saturated heterocycles. The van der Waals surface area contributed by atoms with Gasteiger partial charge in [-0.15, -0.1) is 0 Å². The second-order valence-electron chi connectivity index (χ2n) is 8.22. The molecule has 0 unspecified atom stereocenters. The lowest BCUT2D eigenvalue weighted by Gasteiger charge is -2.28. The summed E-state index contributed by atoms with van der Waals surface area (Å²) < 4.78 is 31.1. The first-order chi connectivity index (χ1) is 16.9. The van der Waals surface area contributed by atoms with Gasteiger partial charge in [0, 0.05) is 23.6 Å². The van der Waals surface area contributed by atoms with Crippen molar-refractivity contribution in [2.45, 2.75) is 12.7 Å². The smallest absolute Gasteiger partial charge is 0.244 e. The van der Waals surface area contributed by atoms with E-state index in [9.17, 15) is 13.2 Å². The van der Waals surface area contributed by atoms with Gasteiger partial charge in [-0.1, -0.05) is 66.7 Å². The summed E-state index contributed by atoms with van der Waals surface area (Å²) in [5.41, 5.74) is 2.83. The molecule has 0 aliphatic carbocycles. The van der Waals surface area contributed by atoms with Crippen molar-refractivity contribution in [1.29, 1.82) is 0 Å². The SMILES string of the molecule is Cc1cc2c(cn1)c(=O)cc(N(c1ccccc1)S(=O)(=O)Cc1ccccc1)n2-c1ccccc1. The lowest BCUT2D eigenvalue weighted by molar-refractivity contribution is 0.595. The fourth-order valence-corrected chi connectivity index (χ4v) is 5.75. The second-order valence-corrected chi connectivity index (χ2v) is 10.0. The highest BCUT2D eigenvalue weighted by molar-refractivity contribution is 7.92. The van der Waals surface area contributed by atoms with Gasteiger partial charge in [-0.05, 0) is 42.8 Å². The van der Waals surface area contributed by atoms with Crippen LogP contribution in [0.15, 0.2) is 114 Å². The zero-order valence-corrected chi connectivity index (χ0v) is 19.9. The van der Waals surface area contributed by atoms with Crippen LogP contribution in [0.3, 0.4) is 0 Å². The molecule has 0 fully saturated rings. The van der Waals surface area contributed by atoms with Crippen molar-refractivity contribution in [3.63, 3.8) is 0 Å². The van der Waals surface area contributed by atoms with Crippen LogP contribution < -0.4 is 9.73 Å². The molecule has 0 N–H and O–H groups in total. The third-order valence-electron chi connectivity index (χ3n) is 5.70. The molecule has 5 aromatic rings. The summed E-state index contributed by atoms with van der Waals surface area (Å²) in [5, 5.41) is 0.414. The Bertz CT molecular complexity index is 1650. The second kappa shape index (κ2) is 9.19. The van der Waals surface area contributed by atoms with Crippen LogP contribution in [-0.4, -0.2) is 18.0 Å². The van der Waals surface area contributed by atoms with Crippen LogP contribution in [0.5, 0.6) is 0 Å². The van der Waals surface area contributed by atoms with Gasteiger partial charge in [0.2, 0.25) is 10.0 Å². The normalized spacial score (nSPS) is 11.5. The number of anilines is 2. The van der Waals surface area contributed by atoms with Crippen molar-refractivity contribution in [1.82, 2.24) is 9.55 Å². The summed E-state index contributed by atoms with van der Waals surface area (Å²) in [5.74, 6) is 0.0143. The van der Waals surface area contributed by atoms with Crippen molar-refractivity contribution >= 4 is 32.4 Å². The maximum absolute atomic E-state index is 14.0. The van der Waals surface area contributed by atoms with E-state index in [-0.39, 0.29) is 17.0 Å². The fraction of sp³-hybridized carbons (Fsp3) is 0.0714. The predicted molar refractivity (Wildman–Crippen MR) is 140 cm³/mol. The Morgan fingerprint density at radius 3 is 2.09 bits per heavy atom. The van der Waals surface area contributed by atoms with Crippen molar-refractivity contribution in [2.24, 2.45) is 0 Å². The number of pyridine rings is 2. The first-order valence-electron chi connectivity index (χ1n) is 11.1. The van der Waals surface area contributed by atoms with Crippen LogP contribution in [0.1, 0.15) is 11.3 Å². The van der Waals surface area contributed by atoms with E-state index in [0.717, 1.165) is 11.4 Å². The van der Waals surface area contributed by atoms with Crippen LogP contribution in [0.25, 0.3) is 16.6 Å². The zero-order chi connectivity index (χ0) is 24.4. The van der Waals surface area contributed by atoms with Gasteiger partial charge in [0.15, 0.2) is 5.43 Å². The Hall–Kier alpha value is -4.23. The summed E-state index contributed by atoms with van der Waals surface area (Å²) >= 11 is 0. The summed E-state index contributed by atoms with van der Waals surface area (Å²) in [6, 6.07) is 30.5. The number of sulfonamides is 1. The summed E-state index contributed by atoms with van der Waals surface area (Å²) in [4.78, 5) is 17.5. The minimum absolute atomic E-state index is 0.223. The average Bonchev–Trinajstić information content (AvgIpc) is 2.85. The van der Waals surface area contributed by atoms with Gasteiger partial charge in [0.1, 0.15) is 5.82 Å². The van der Waals surface area contributed by atoms with Crippen molar-refractivity contribution in [2.75, 3.05) is 4.31 Å². The third-order valence-corrected chi connectivity index (χ3v) is 7.35. The third kappa shape index (κ3) is 4.46. The van der Waals surface area contributed by atoms with E-state index < -0.39 is 10.0 Å². The van der Waals surface area contributed by atoms with Crippen LogP contribution in [0, 0.1) is 6.92 Å². The minimum atomic E-state index is -3.95. The molecule has 0 bridgehead atoms. The highest BCUT2D eigenvalue weighted by Crippen LogP contribution is 2.34. The van der Waals surface area contributed by atoms with E-state index in [4.69, 9.17) is 0 Å². The number of aromatic nitrogens is 2. The molecule has 0 aliphatic heterocycles. The van der Waals surface area contributed by atoms with E-state index in [1.165, 1.54) is 10.4 Å². The van der Waals surface area contributed by atoms with Gasteiger partial charge < -0.3 is 0 Å². The molecule has 174 valence electrons. The van der Waals surface area contributed by atoms with Crippen molar-refractivity contribution < 1.29 is 8.42 Å². The molecule has 0 saturated carbocycles. The average molecular weight is 482 g/mol. The largest absolute Gasteiger partial charge is 0.295 e. The van der Waals surface area contributed by atoms with Crippen LogP contribution in [0.4, 0.5) is 11.5 Å². The molecule has 0 spiro atoms. The Morgan fingerprint density at radius 1 is 0.829 bits per heavy atom. The first kappa shape index (κ1) is 22.6. The Morgan fingerprint density at radius 2 is 1.43 bits per heavy atom. The Labute approximate surface area is 203 Å². The summed E-state index contributed by atoms with van der Waals surface area (Å²) in [7, 11) is -3.95. The summed E-state index contributed by atoms with van der Waals surface area (Å²) in [6.07, 6.45) is 1.54. The van der Waals surface area contributed by atoms with Crippen molar-refractivity contribution in [3.05, 3.63) is 131 Å². The van der Waals surface area contributed by atoms with E-state index >= 15 is 0 Å². The van der Waals surface area contributed by atoms with Crippen molar-refractivity contribution in [3.8, 4) is 5.69 Å². The highest BCUT2D eigenvalue weighted by atomic mass is 32.2. The van der Waals surface area contributed by atoms with Crippen LogP contribution in [0.2, 0.25) is 0 Å². The van der Waals surface area contributed by atoms with Gasteiger partial charge in [-0.3, -0.25) is 14.3 Å². The molecule has 5 rings (SSSR count). The zero-order valence-electron chi connectivity index (χ0n) is 19.1. The Balaban J connectivity index is 1.85. The van der Waals surface area contributed by atoms with E-state index in [2.05, 4.69) is 4.98 Å². The molecule has 0 atom stereocenters. The van der Waals surface area contributed by atoms with Gasteiger partial charge in [0.25, 0.3) is 0 Å². The Kier molecular flexibility index (Phi) is 5.93. The number of rotatable bonds is 6. The minimum Gasteiger partial charge on any atom is -0.295 e. The number of hydrogen-bond donors (Lipinski definition) is 0. The predicted octanol–water partition coefficient (Wildman–Crippen LogP) is 5.36. The van der Waals surface area contributed by atoms with Crippen LogP contribution in [-0.2, 0) is 15.8 Å². The van der Waals surface area contributed by atoms with Crippen LogP contribution >= 0.6 is 0 Å². The standard InChI is InChI=1S/C28H23N3O3S/c1-21-17-26-25(19-29-21)27(32)18-28(30(26)23-13-7-3-8-14-23)31(24-15-9-4-10-16-24)35(33,34)20-22-11-5-2-6-12-22/h2-19H,20H2,1H3. The number of aryl methyl sites for hydroxylation is 1. The molecule has 2 aromatic heterocycles. The summed E-state index contributed by atoms with van der Waals surface area (Å²) in [6.45, 7) is 1.84. The maximum Gasteiger partial charge on any atom is 0.244 e. The van der Waals surface area contributed by atoms with E-state index in [1.54, 1.807) is 53.2 Å². The molecule has 0 amide bonds. The molecule has 6 nitrogen and oxygen atoms in total. The number of hydrogen-bond acceptors (Lipinski definition) is 4. The van der Waals surface area contributed by atoms with Gasteiger partial charge in [-0.2, -0.15) is 0 Å². The fourth-order valence-electron chi connectivity index (χ4n) is 4.15. The molecular weight excluding hydrogens is 458 g/mol. The monoisotopic (exact) mass is 481 g/mol. The molecule has 7 heteroatoms. The number of nitrogens with zero attached hydrogens (tertiary/aromatic N) is 3. The van der Waals surface area contributed by atoms with Gasteiger partial charge >= 0.3 is 0 Å². The molecule has 3 aromatic carbocycles. The van der Waals surface area contributed by atoms with Gasteiger partial charge in [-0.25, -0.2) is 12.7 Å². The maximum atomic E-state index is 14.0. The van der Waals surface area contributed by atoms with E-state index in [1.807, 2.05) is 61.5 Å². The quantitative estimate of drug-likeness (QED) is 0.327. The lowest BCUT2D eigenvalue weighted by atomic mass is 10.2. The van der Waals surface area contributed by atoms with Gasteiger partial charge in [0.05, 0.1) is 22.3 Å². The number of fused-ring (bicyclic) bond motifs is 1. The first-order valence-corrected chi connectivity index (χ1v) is 12.7.